The Labute approximate surface area is 240 Å². The van der Waals surface area contributed by atoms with Crippen LogP contribution in [0.2, 0.25) is 5.02 Å². The molecule has 6 rings (SSSR count). The number of nitrogens with zero attached hydrogens (tertiary/aromatic N) is 1. The van der Waals surface area contributed by atoms with E-state index in [0.29, 0.717) is 44.2 Å². The van der Waals surface area contributed by atoms with E-state index in [2.05, 4.69) is 10.3 Å². The van der Waals surface area contributed by atoms with Crippen LogP contribution >= 0.6 is 11.6 Å². The molecule has 3 aromatic carbocycles. The number of benzene rings is 3. The first-order chi connectivity index (χ1) is 19.8. The number of hydrogen-bond acceptors (Lipinski definition) is 5. The third kappa shape index (κ3) is 5.02. The summed E-state index contributed by atoms with van der Waals surface area (Å²) < 4.78 is 24.9. The second-order valence-electron chi connectivity index (χ2n) is 10.1. The molecule has 1 aliphatic carbocycles. The highest BCUT2D eigenvalue weighted by molar-refractivity contribution is 6.33. The molecule has 0 saturated heterocycles. The van der Waals surface area contributed by atoms with Gasteiger partial charge in [-0.15, -0.1) is 0 Å². The van der Waals surface area contributed by atoms with Gasteiger partial charge >= 0.3 is 0 Å². The Balaban J connectivity index is 1.38. The van der Waals surface area contributed by atoms with E-state index in [-0.39, 0.29) is 23.7 Å². The van der Waals surface area contributed by atoms with Crippen LogP contribution in [-0.2, 0) is 12.0 Å². The fraction of sp³-hybridized carbons (Fsp3) is 0.156. The average molecular weight is 570 g/mol. The standard InChI is InChI=1S/C32H25ClFN3O4/c1-40-26-17-24(33)21(16-23(26)31(39)37-32(11-12-32)28-4-2-3-13-36-28)19-7-10-25-22(15-19)29(30(35)38)27(41-25)14-18-5-8-20(34)9-6-18/h2-10,13,15-17H,11-12,14H2,1H3,(H2,35,38)(H,37,39). The van der Waals surface area contributed by atoms with Gasteiger partial charge in [0.05, 0.1) is 34.5 Å². The van der Waals surface area contributed by atoms with Crippen molar-refractivity contribution in [2.75, 3.05) is 7.11 Å². The third-order valence-corrected chi connectivity index (χ3v) is 7.70. The van der Waals surface area contributed by atoms with Crippen molar-refractivity contribution in [1.82, 2.24) is 10.3 Å². The number of methoxy groups -OCH3 is 1. The number of amides is 2. The summed E-state index contributed by atoms with van der Waals surface area (Å²) in [6.45, 7) is 0. The number of rotatable bonds is 8. The molecule has 0 spiro atoms. The molecule has 2 heterocycles. The lowest BCUT2D eigenvalue weighted by molar-refractivity contribution is 0.0925. The molecule has 1 fully saturated rings. The minimum atomic E-state index is -0.650. The van der Waals surface area contributed by atoms with E-state index >= 15 is 0 Å². The summed E-state index contributed by atoms with van der Waals surface area (Å²) in [5.74, 6) is -0.611. The first-order valence-electron chi connectivity index (χ1n) is 13.0. The lowest BCUT2D eigenvalue weighted by Gasteiger charge is -2.19. The highest BCUT2D eigenvalue weighted by Crippen LogP contribution is 2.45. The maximum absolute atomic E-state index is 13.5. The van der Waals surface area contributed by atoms with E-state index in [1.54, 1.807) is 48.7 Å². The minimum Gasteiger partial charge on any atom is -0.496 e. The number of pyridine rings is 1. The molecule has 1 aliphatic rings. The summed E-state index contributed by atoms with van der Waals surface area (Å²) in [5, 5.41) is 4.00. The first kappa shape index (κ1) is 26.5. The topological polar surface area (TPSA) is 107 Å². The maximum atomic E-state index is 13.5. The monoisotopic (exact) mass is 569 g/mol. The minimum absolute atomic E-state index is 0.236. The van der Waals surface area contributed by atoms with Gasteiger partial charge in [-0.3, -0.25) is 14.6 Å². The van der Waals surface area contributed by atoms with Crippen molar-refractivity contribution in [3.63, 3.8) is 0 Å². The van der Waals surface area contributed by atoms with Crippen molar-refractivity contribution in [3.05, 3.63) is 118 Å². The van der Waals surface area contributed by atoms with Crippen molar-refractivity contribution in [3.8, 4) is 16.9 Å². The number of nitrogens with one attached hydrogen (secondary N) is 1. The number of carbonyl (C=O) groups excluding carboxylic acids is 2. The molecule has 41 heavy (non-hydrogen) atoms. The zero-order valence-electron chi connectivity index (χ0n) is 22.0. The summed E-state index contributed by atoms with van der Waals surface area (Å²) in [4.78, 5) is 30.5. The molecule has 0 atom stereocenters. The zero-order chi connectivity index (χ0) is 28.7. The van der Waals surface area contributed by atoms with Crippen molar-refractivity contribution in [2.45, 2.75) is 24.8 Å². The van der Waals surface area contributed by atoms with E-state index < -0.39 is 11.4 Å². The SMILES string of the molecule is COc1cc(Cl)c(-c2ccc3oc(Cc4ccc(F)cc4)c(C(N)=O)c3c2)cc1C(=O)NC1(c2ccccn2)CC1. The number of fused-ring (bicyclic) bond motifs is 1. The Morgan fingerprint density at radius 3 is 2.54 bits per heavy atom. The van der Waals surface area contributed by atoms with E-state index in [1.807, 2.05) is 18.2 Å². The highest BCUT2D eigenvalue weighted by atomic mass is 35.5. The number of halogens is 2. The van der Waals surface area contributed by atoms with Gasteiger partial charge in [0.25, 0.3) is 11.8 Å². The second kappa shape index (κ2) is 10.4. The summed E-state index contributed by atoms with van der Waals surface area (Å²) >= 11 is 6.67. The Bertz CT molecular complexity index is 1800. The van der Waals surface area contributed by atoms with Gasteiger partial charge in [0.15, 0.2) is 0 Å². The molecule has 2 amide bonds. The fourth-order valence-corrected chi connectivity index (χ4v) is 5.38. The largest absolute Gasteiger partial charge is 0.496 e. The number of hydrogen-bond donors (Lipinski definition) is 2. The van der Waals surface area contributed by atoms with Gasteiger partial charge in [0.1, 0.15) is 22.9 Å². The molecule has 0 aliphatic heterocycles. The Kier molecular flexibility index (Phi) is 6.71. The number of carbonyl (C=O) groups is 2. The highest BCUT2D eigenvalue weighted by Gasteiger charge is 2.47. The summed E-state index contributed by atoms with van der Waals surface area (Å²) in [6, 6.07) is 20.1. The van der Waals surface area contributed by atoms with Crippen LogP contribution in [0.5, 0.6) is 5.75 Å². The molecule has 7 nitrogen and oxygen atoms in total. The predicted octanol–water partition coefficient (Wildman–Crippen LogP) is 6.40. The van der Waals surface area contributed by atoms with Gasteiger partial charge in [-0.1, -0.05) is 35.9 Å². The van der Waals surface area contributed by atoms with Crippen molar-refractivity contribution in [2.24, 2.45) is 5.73 Å². The number of primary amides is 1. The van der Waals surface area contributed by atoms with Crippen LogP contribution in [0.15, 0.2) is 83.4 Å². The molecule has 9 heteroatoms. The van der Waals surface area contributed by atoms with Crippen LogP contribution in [0.3, 0.4) is 0 Å². The molecule has 206 valence electrons. The van der Waals surface area contributed by atoms with E-state index in [1.165, 1.54) is 19.2 Å². The molecule has 0 bridgehead atoms. The van der Waals surface area contributed by atoms with E-state index in [0.717, 1.165) is 24.1 Å². The number of furan rings is 1. The van der Waals surface area contributed by atoms with Crippen LogP contribution in [0.25, 0.3) is 22.1 Å². The molecule has 0 radical (unpaired) electrons. The van der Waals surface area contributed by atoms with Gasteiger partial charge < -0.3 is 20.2 Å². The van der Waals surface area contributed by atoms with Crippen LogP contribution in [0, 0.1) is 5.82 Å². The number of ether oxygens (including phenoxy) is 1. The van der Waals surface area contributed by atoms with Crippen LogP contribution in [0.4, 0.5) is 4.39 Å². The van der Waals surface area contributed by atoms with Gasteiger partial charge in [-0.05, 0) is 66.4 Å². The summed E-state index contributed by atoms with van der Waals surface area (Å²) in [5.41, 5.74) is 9.07. The third-order valence-electron chi connectivity index (χ3n) is 7.39. The summed E-state index contributed by atoms with van der Waals surface area (Å²) in [7, 11) is 1.48. The van der Waals surface area contributed by atoms with E-state index in [4.69, 9.17) is 26.5 Å². The Hall–Kier alpha value is -4.69. The van der Waals surface area contributed by atoms with Gasteiger partial charge in [-0.25, -0.2) is 4.39 Å². The Morgan fingerprint density at radius 2 is 1.88 bits per heavy atom. The quantitative estimate of drug-likeness (QED) is 0.225. The van der Waals surface area contributed by atoms with E-state index in [9.17, 15) is 14.0 Å². The molecular formula is C32H25ClFN3O4. The van der Waals surface area contributed by atoms with Crippen LogP contribution in [0.1, 0.15) is 50.6 Å². The molecule has 0 unspecified atom stereocenters. The maximum Gasteiger partial charge on any atom is 0.255 e. The predicted molar refractivity (Wildman–Crippen MR) is 154 cm³/mol. The molecule has 2 aromatic heterocycles. The van der Waals surface area contributed by atoms with Crippen LogP contribution < -0.4 is 15.8 Å². The normalized spacial score (nSPS) is 13.6. The zero-order valence-corrected chi connectivity index (χ0v) is 22.8. The first-order valence-corrected chi connectivity index (χ1v) is 13.4. The molecule has 5 aromatic rings. The van der Waals surface area contributed by atoms with Crippen molar-refractivity contribution < 1.29 is 23.1 Å². The van der Waals surface area contributed by atoms with Crippen molar-refractivity contribution >= 4 is 34.4 Å². The molecule has 1 saturated carbocycles. The van der Waals surface area contributed by atoms with Crippen molar-refractivity contribution in [1.29, 1.82) is 0 Å². The van der Waals surface area contributed by atoms with Gasteiger partial charge in [-0.2, -0.15) is 0 Å². The number of aromatic nitrogens is 1. The lowest BCUT2D eigenvalue weighted by Crippen LogP contribution is -2.35. The smallest absolute Gasteiger partial charge is 0.255 e. The van der Waals surface area contributed by atoms with Gasteiger partial charge in [0.2, 0.25) is 0 Å². The van der Waals surface area contributed by atoms with Crippen LogP contribution in [-0.4, -0.2) is 23.9 Å². The molecule has 3 N–H and O–H groups in total. The molecular weight excluding hydrogens is 545 g/mol. The van der Waals surface area contributed by atoms with Gasteiger partial charge in [0, 0.05) is 29.6 Å². The second-order valence-corrected chi connectivity index (χ2v) is 10.5. The Morgan fingerprint density at radius 1 is 1.10 bits per heavy atom. The number of nitrogens with two attached hydrogens (primary N) is 1. The lowest BCUT2D eigenvalue weighted by atomic mass is 9.98. The fourth-order valence-electron chi connectivity index (χ4n) is 5.12. The summed E-state index contributed by atoms with van der Waals surface area (Å²) in [6.07, 6.45) is 3.53. The average Bonchev–Trinajstić information content (AvgIpc) is 3.66.